The number of carbonyl (C=O) groups is 3. The Kier molecular flexibility index (Phi) is 4.85. The molecule has 2 N–H and O–H groups in total. The van der Waals surface area contributed by atoms with E-state index in [4.69, 9.17) is 9.52 Å². The zero-order valence-corrected chi connectivity index (χ0v) is 13.9. The number of carbonyl (C=O) groups excluding carboxylic acids is 3. The summed E-state index contributed by atoms with van der Waals surface area (Å²) in [6.07, 6.45) is 1.19. The van der Waals surface area contributed by atoms with Crippen LogP contribution in [0.15, 0.2) is 52.6 Å². The maximum absolute atomic E-state index is 12.2. The lowest BCUT2D eigenvalue weighted by molar-refractivity contribution is -0.137. The highest BCUT2D eigenvalue weighted by molar-refractivity contribution is 6.17. The van der Waals surface area contributed by atoms with Crippen LogP contribution in [0.25, 0.3) is 11.3 Å². The number of esters is 1. The summed E-state index contributed by atoms with van der Waals surface area (Å²) >= 11 is 0. The molecule has 0 saturated heterocycles. The van der Waals surface area contributed by atoms with Crippen molar-refractivity contribution in [3.8, 4) is 11.3 Å². The number of anilines is 1. The smallest absolute Gasteiger partial charge is 0.373 e. The van der Waals surface area contributed by atoms with E-state index in [9.17, 15) is 14.4 Å². The number of ether oxygens (including phenoxy) is 1. The second-order valence-electron chi connectivity index (χ2n) is 5.44. The Hall–Kier alpha value is -3.39. The van der Waals surface area contributed by atoms with Crippen LogP contribution in [0.1, 0.15) is 10.6 Å². The van der Waals surface area contributed by atoms with Crippen molar-refractivity contribution in [1.82, 2.24) is 4.90 Å². The number of nitrogens with zero attached hydrogens (tertiary/aromatic N) is 1. The van der Waals surface area contributed by atoms with E-state index in [1.807, 2.05) is 0 Å². The van der Waals surface area contributed by atoms with Crippen LogP contribution in [0.3, 0.4) is 0 Å². The van der Waals surface area contributed by atoms with Gasteiger partial charge >= 0.3 is 5.97 Å². The minimum absolute atomic E-state index is 0.0535. The fourth-order valence-electron chi connectivity index (χ4n) is 2.52. The number of methoxy groups -OCH3 is 1. The highest BCUT2D eigenvalue weighted by Crippen LogP contribution is 2.26. The average Bonchev–Trinajstić information content (AvgIpc) is 3.23. The molecule has 0 radical (unpaired) electrons. The largest absolute Gasteiger partial charge is 0.463 e. The number of amides is 2. The van der Waals surface area contributed by atoms with Gasteiger partial charge in [0.25, 0.3) is 11.8 Å². The van der Waals surface area contributed by atoms with Gasteiger partial charge in [-0.3, -0.25) is 14.5 Å². The van der Waals surface area contributed by atoms with Crippen LogP contribution < -0.4 is 5.32 Å². The SMILES string of the molecule is COC(=O)c1ccc(-c2cccc(NC3=CC(=O)N(CCO)C3=O)c2)o1. The van der Waals surface area contributed by atoms with Crippen LogP contribution in [0.4, 0.5) is 5.69 Å². The van der Waals surface area contributed by atoms with Crippen LogP contribution in [0.2, 0.25) is 0 Å². The topological polar surface area (TPSA) is 109 Å². The number of β-amino-alcohol motifs (C(OH)–C–C–N with tert-alkyl or cyclic N) is 1. The standard InChI is InChI=1S/C18H16N2O6/c1-25-18(24)15-6-5-14(26-15)11-3-2-4-12(9-11)19-13-10-16(22)20(7-8-21)17(13)23/h2-6,9-10,19,21H,7-8H2,1H3. The Morgan fingerprint density at radius 3 is 2.81 bits per heavy atom. The lowest BCUT2D eigenvalue weighted by atomic mass is 10.1. The molecule has 0 unspecified atom stereocenters. The van der Waals surface area contributed by atoms with E-state index in [-0.39, 0.29) is 24.6 Å². The third kappa shape index (κ3) is 3.35. The maximum atomic E-state index is 12.2. The number of furan rings is 1. The quantitative estimate of drug-likeness (QED) is 0.594. The van der Waals surface area contributed by atoms with Gasteiger partial charge < -0.3 is 19.6 Å². The molecule has 0 fully saturated rings. The lowest BCUT2D eigenvalue weighted by Gasteiger charge is -2.13. The van der Waals surface area contributed by atoms with Crippen LogP contribution in [0.5, 0.6) is 0 Å². The molecule has 8 heteroatoms. The molecule has 2 amide bonds. The average molecular weight is 356 g/mol. The number of rotatable bonds is 6. The Labute approximate surface area is 148 Å². The first-order valence-electron chi connectivity index (χ1n) is 7.77. The third-order valence-electron chi connectivity index (χ3n) is 3.75. The van der Waals surface area contributed by atoms with Gasteiger partial charge in [0, 0.05) is 17.3 Å². The van der Waals surface area contributed by atoms with Crippen LogP contribution in [0, 0.1) is 0 Å². The summed E-state index contributed by atoms with van der Waals surface area (Å²) in [4.78, 5) is 36.4. The van der Waals surface area contributed by atoms with Gasteiger partial charge in [-0.15, -0.1) is 0 Å². The highest BCUT2D eigenvalue weighted by Gasteiger charge is 2.30. The zero-order chi connectivity index (χ0) is 18.7. The fraction of sp³-hybridized carbons (Fsp3) is 0.167. The van der Waals surface area contributed by atoms with E-state index < -0.39 is 17.8 Å². The zero-order valence-electron chi connectivity index (χ0n) is 13.9. The van der Waals surface area contributed by atoms with E-state index in [1.165, 1.54) is 19.3 Å². The van der Waals surface area contributed by atoms with Crippen LogP contribution in [-0.2, 0) is 14.3 Å². The van der Waals surface area contributed by atoms with Crippen molar-refractivity contribution in [2.24, 2.45) is 0 Å². The van der Waals surface area contributed by atoms with E-state index in [2.05, 4.69) is 10.1 Å². The minimum Gasteiger partial charge on any atom is -0.463 e. The highest BCUT2D eigenvalue weighted by atomic mass is 16.5. The Morgan fingerprint density at radius 1 is 1.27 bits per heavy atom. The summed E-state index contributed by atoms with van der Waals surface area (Å²) in [5, 5.41) is 11.8. The molecule has 3 rings (SSSR count). The predicted molar refractivity (Wildman–Crippen MR) is 91.0 cm³/mol. The summed E-state index contributed by atoms with van der Waals surface area (Å²) in [6.45, 7) is -0.350. The van der Waals surface area contributed by atoms with Gasteiger partial charge in [-0.2, -0.15) is 0 Å². The third-order valence-corrected chi connectivity index (χ3v) is 3.75. The van der Waals surface area contributed by atoms with Crippen molar-refractivity contribution in [3.05, 3.63) is 53.9 Å². The Bertz CT molecular complexity index is 899. The summed E-state index contributed by atoms with van der Waals surface area (Å²) < 4.78 is 10.1. The Balaban J connectivity index is 1.79. The molecule has 0 atom stereocenters. The predicted octanol–water partition coefficient (Wildman–Crippen LogP) is 1.39. The second kappa shape index (κ2) is 7.24. The number of aliphatic hydroxyl groups is 1. The first-order valence-corrected chi connectivity index (χ1v) is 7.77. The van der Waals surface area contributed by atoms with Gasteiger partial charge in [0.2, 0.25) is 5.76 Å². The first-order chi connectivity index (χ1) is 12.5. The van der Waals surface area contributed by atoms with E-state index in [1.54, 1.807) is 30.3 Å². The van der Waals surface area contributed by atoms with Crippen molar-refractivity contribution >= 4 is 23.5 Å². The molecular weight excluding hydrogens is 340 g/mol. The summed E-state index contributed by atoms with van der Waals surface area (Å²) in [6, 6.07) is 10.1. The van der Waals surface area contributed by atoms with Crippen molar-refractivity contribution < 1.29 is 28.6 Å². The molecule has 1 aliphatic heterocycles. The molecule has 0 aliphatic carbocycles. The number of benzene rings is 1. The first kappa shape index (κ1) is 17.4. The summed E-state index contributed by atoms with van der Waals surface area (Å²) in [5.41, 5.74) is 1.36. The molecule has 1 aromatic carbocycles. The molecule has 0 spiro atoms. The molecule has 26 heavy (non-hydrogen) atoms. The summed E-state index contributed by atoms with van der Waals surface area (Å²) in [5.74, 6) is -1.01. The number of imide groups is 1. The molecule has 0 saturated carbocycles. The molecule has 2 aromatic rings. The van der Waals surface area contributed by atoms with E-state index in [0.29, 0.717) is 17.0 Å². The van der Waals surface area contributed by atoms with Crippen molar-refractivity contribution in [3.63, 3.8) is 0 Å². The maximum Gasteiger partial charge on any atom is 0.373 e. The Morgan fingerprint density at radius 2 is 2.08 bits per heavy atom. The van der Waals surface area contributed by atoms with Crippen molar-refractivity contribution in [2.75, 3.05) is 25.6 Å². The molecule has 2 heterocycles. The second-order valence-corrected chi connectivity index (χ2v) is 5.44. The van der Waals surface area contributed by atoms with Crippen molar-refractivity contribution in [1.29, 1.82) is 0 Å². The molecular formula is C18H16N2O6. The van der Waals surface area contributed by atoms with Crippen molar-refractivity contribution in [2.45, 2.75) is 0 Å². The van der Waals surface area contributed by atoms with Gasteiger partial charge in [-0.25, -0.2) is 4.79 Å². The number of hydrogen-bond donors (Lipinski definition) is 2. The monoisotopic (exact) mass is 356 g/mol. The van der Waals surface area contributed by atoms with Gasteiger partial charge in [0.15, 0.2) is 0 Å². The summed E-state index contributed by atoms with van der Waals surface area (Å²) in [7, 11) is 1.27. The van der Waals surface area contributed by atoms with E-state index >= 15 is 0 Å². The van der Waals surface area contributed by atoms with Crippen LogP contribution >= 0.6 is 0 Å². The van der Waals surface area contributed by atoms with Gasteiger partial charge in [0.05, 0.1) is 20.3 Å². The van der Waals surface area contributed by atoms with Gasteiger partial charge in [0.1, 0.15) is 11.5 Å². The van der Waals surface area contributed by atoms with Gasteiger partial charge in [-0.1, -0.05) is 12.1 Å². The van der Waals surface area contributed by atoms with Gasteiger partial charge in [-0.05, 0) is 24.3 Å². The number of nitrogens with one attached hydrogen (secondary N) is 1. The molecule has 8 nitrogen and oxygen atoms in total. The molecule has 0 bridgehead atoms. The van der Waals surface area contributed by atoms with E-state index in [0.717, 1.165) is 4.90 Å². The number of aliphatic hydroxyl groups excluding tert-OH is 1. The lowest BCUT2D eigenvalue weighted by Crippen LogP contribution is -2.34. The number of hydrogen-bond acceptors (Lipinski definition) is 7. The fourth-order valence-corrected chi connectivity index (χ4v) is 2.52. The normalized spacial score (nSPS) is 13.8. The molecule has 1 aromatic heterocycles. The minimum atomic E-state index is -0.574. The molecule has 134 valence electrons. The van der Waals surface area contributed by atoms with Crippen LogP contribution in [-0.4, -0.2) is 48.1 Å². The molecule has 1 aliphatic rings.